The Morgan fingerprint density at radius 2 is 1.66 bits per heavy atom. The Balaban J connectivity index is 1.26. The zero-order valence-corrected chi connectivity index (χ0v) is 20.3. The average molecular weight is 498 g/mol. The first-order valence-corrected chi connectivity index (χ1v) is 11.9. The number of aryl methyl sites for hydroxylation is 1. The molecule has 1 atom stereocenters. The van der Waals surface area contributed by atoms with Gasteiger partial charge in [-0.05, 0) is 37.5 Å². The fourth-order valence-electron chi connectivity index (χ4n) is 4.27. The number of halogens is 1. The van der Waals surface area contributed by atoms with Crippen molar-refractivity contribution >= 4 is 35.4 Å². The molecule has 2 aromatic carbocycles. The van der Waals surface area contributed by atoms with Crippen molar-refractivity contribution in [2.24, 2.45) is 0 Å². The highest BCUT2D eigenvalue weighted by Crippen LogP contribution is 2.22. The van der Waals surface area contributed by atoms with Gasteiger partial charge in [-0.3, -0.25) is 24.7 Å². The van der Waals surface area contributed by atoms with Crippen LogP contribution in [0.2, 0.25) is 5.02 Å². The van der Waals surface area contributed by atoms with Crippen LogP contribution in [0.4, 0.5) is 4.79 Å². The van der Waals surface area contributed by atoms with Crippen molar-refractivity contribution in [1.29, 1.82) is 0 Å². The first-order valence-electron chi connectivity index (χ1n) is 11.5. The molecule has 0 spiro atoms. The summed E-state index contributed by atoms with van der Waals surface area (Å²) in [6.07, 6.45) is 1.03. The lowest BCUT2D eigenvalue weighted by atomic mass is 9.93. The minimum Gasteiger partial charge on any atom is -0.336 e. The lowest BCUT2D eigenvalue weighted by molar-refractivity contribution is -0.139. The van der Waals surface area contributed by atoms with Crippen LogP contribution in [0, 0.1) is 0 Å². The van der Waals surface area contributed by atoms with E-state index in [1.807, 2.05) is 35.2 Å². The molecule has 0 unspecified atom stereocenters. The van der Waals surface area contributed by atoms with Crippen LogP contribution in [-0.4, -0.2) is 76.8 Å². The van der Waals surface area contributed by atoms with Gasteiger partial charge in [0, 0.05) is 26.2 Å². The molecular formula is C25H28ClN5O4. The monoisotopic (exact) mass is 497 g/mol. The molecule has 0 saturated carbocycles. The molecule has 9 nitrogen and oxygen atoms in total. The maximum absolute atomic E-state index is 12.9. The molecular weight excluding hydrogens is 470 g/mol. The number of hydrogen-bond donors (Lipinski definition) is 2. The molecule has 5 amide bonds. The molecule has 2 aliphatic heterocycles. The predicted molar refractivity (Wildman–Crippen MR) is 130 cm³/mol. The van der Waals surface area contributed by atoms with Crippen molar-refractivity contribution in [2.45, 2.75) is 25.3 Å². The Bertz CT molecular complexity index is 1120. The van der Waals surface area contributed by atoms with Gasteiger partial charge in [-0.1, -0.05) is 54.1 Å². The molecule has 35 heavy (non-hydrogen) atoms. The number of urea groups is 1. The third-order valence-electron chi connectivity index (χ3n) is 6.39. The van der Waals surface area contributed by atoms with Crippen molar-refractivity contribution in [2.75, 3.05) is 32.7 Å². The van der Waals surface area contributed by atoms with Gasteiger partial charge in [0.1, 0.15) is 5.54 Å². The maximum Gasteiger partial charge on any atom is 0.344 e. The molecule has 10 heteroatoms. The first-order chi connectivity index (χ1) is 16.8. The molecule has 0 aliphatic carbocycles. The first kappa shape index (κ1) is 24.7. The van der Waals surface area contributed by atoms with Crippen molar-refractivity contribution < 1.29 is 19.2 Å². The van der Waals surface area contributed by atoms with E-state index in [0.29, 0.717) is 49.6 Å². The smallest absolute Gasteiger partial charge is 0.336 e. The SMILES string of the molecule is C[C@]1(CCc2ccccc2)NC(=O)N(NC(=O)CN2CCN(C(=O)c3ccccc3Cl)CC2)C1=O. The van der Waals surface area contributed by atoms with E-state index in [-0.39, 0.29) is 12.5 Å². The standard InChI is InChI=1S/C25H28ClN5O4/c1-25(12-11-18-7-3-2-4-8-18)23(34)31(24(35)27-25)28-21(32)17-29-13-15-30(16-14-29)22(33)19-9-5-6-10-20(19)26/h2-10H,11-17H2,1H3,(H,27,35)(H,28,32)/t25-/m1/s1. The number of nitrogens with one attached hydrogen (secondary N) is 2. The number of piperazine rings is 1. The number of rotatable bonds is 7. The lowest BCUT2D eigenvalue weighted by Gasteiger charge is -2.34. The normalized spacial score (nSPS) is 20.6. The zero-order chi connectivity index (χ0) is 25.0. The summed E-state index contributed by atoms with van der Waals surface area (Å²) in [6.45, 7) is 3.52. The molecule has 2 N–H and O–H groups in total. The summed E-state index contributed by atoms with van der Waals surface area (Å²) in [5, 5.41) is 3.88. The topological polar surface area (TPSA) is 102 Å². The summed E-state index contributed by atoms with van der Waals surface area (Å²) in [5.41, 5.74) is 2.86. The molecule has 2 aromatic rings. The quantitative estimate of drug-likeness (QED) is 0.570. The van der Waals surface area contributed by atoms with Crippen LogP contribution in [-0.2, 0) is 16.0 Å². The minimum atomic E-state index is -1.09. The number of carbonyl (C=O) groups is 4. The Morgan fingerprint density at radius 3 is 2.34 bits per heavy atom. The summed E-state index contributed by atoms with van der Waals surface area (Å²) in [5.74, 6) is -1.09. The van der Waals surface area contributed by atoms with Gasteiger partial charge in [-0.2, -0.15) is 5.01 Å². The van der Waals surface area contributed by atoms with Crippen molar-refractivity contribution in [1.82, 2.24) is 25.6 Å². The van der Waals surface area contributed by atoms with Crippen LogP contribution in [0.25, 0.3) is 0 Å². The van der Waals surface area contributed by atoms with E-state index < -0.39 is 23.4 Å². The zero-order valence-electron chi connectivity index (χ0n) is 19.5. The number of imide groups is 1. The van der Waals surface area contributed by atoms with Crippen LogP contribution in [0.3, 0.4) is 0 Å². The van der Waals surface area contributed by atoms with Crippen LogP contribution < -0.4 is 10.7 Å². The molecule has 2 saturated heterocycles. The summed E-state index contributed by atoms with van der Waals surface area (Å²) in [7, 11) is 0. The summed E-state index contributed by atoms with van der Waals surface area (Å²) >= 11 is 6.14. The van der Waals surface area contributed by atoms with Gasteiger partial charge >= 0.3 is 6.03 Å². The minimum absolute atomic E-state index is 0.00587. The summed E-state index contributed by atoms with van der Waals surface area (Å²) < 4.78 is 0. The Kier molecular flexibility index (Phi) is 7.37. The molecule has 4 rings (SSSR count). The van der Waals surface area contributed by atoms with Crippen molar-refractivity contribution in [3.8, 4) is 0 Å². The van der Waals surface area contributed by atoms with Gasteiger partial charge in [0.2, 0.25) is 0 Å². The third kappa shape index (κ3) is 5.63. The number of hydrogen-bond acceptors (Lipinski definition) is 5. The van der Waals surface area contributed by atoms with E-state index in [4.69, 9.17) is 11.6 Å². The average Bonchev–Trinajstić information content (AvgIpc) is 3.07. The van der Waals surface area contributed by atoms with Crippen LogP contribution in [0.15, 0.2) is 54.6 Å². The van der Waals surface area contributed by atoms with E-state index in [1.54, 1.807) is 36.1 Å². The second kappa shape index (κ2) is 10.5. The molecule has 0 bridgehead atoms. The van der Waals surface area contributed by atoms with E-state index >= 15 is 0 Å². The van der Waals surface area contributed by atoms with Gasteiger partial charge in [0.05, 0.1) is 17.1 Å². The molecule has 0 aromatic heterocycles. The highest BCUT2D eigenvalue weighted by atomic mass is 35.5. The van der Waals surface area contributed by atoms with Gasteiger partial charge in [0.25, 0.3) is 17.7 Å². The summed E-state index contributed by atoms with van der Waals surface area (Å²) in [6, 6.07) is 16.0. The number of hydrazine groups is 1. The molecule has 0 radical (unpaired) electrons. The second-order valence-corrected chi connectivity index (χ2v) is 9.38. The van der Waals surface area contributed by atoms with Crippen LogP contribution in [0.5, 0.6) is 0 Å². The fraction of sp³-hybridized carbons (Fsp3) is 0.360. The Morgan fingerprint density at radius 1 is 1.00 bits per heavy atom. The van der Waals surface area contributed by atoms with Gasteiger partial charge < -0.3 is 10.2 Å². The third-order valence-corrected chi connectivity index (χ3v) is 6.71. The van der Waals surface area contributed by atoms with Crippen LogP contribution in [0.1, 0.15) is 29.3 Å². The van der Waals surface area contributed by atoms with Gasteiger partial charge in [-0.25, -0.2) is 4.79 Å². The molecule has 2 fully saturated rings. The predicted octanol–water partition coefficient (Wildman–Crippen LogP) is 2.07. The Labute approximate surface area is 209 Å². The van der Waals surface area contributed by atoms with E-state index in [1.165, 1.54) is 0 Å². The second-order valence-electron chi connectivity index (χ2n) is 8.97. The summed E-state index contributed by atoms with van der Waals surface area (Å²) in [4.78, 5) is 54.2. The van der Waals surface area contributed by atoms with E-state index in [9.17, 15) is 19.2 Å². The number of amides is 5. The molecule has 184 valence electrons. The highest BCUT2D eigenvalue weighted by molar-refractivity contribution is 6.33. The van der Waals surface area contributed by atoms with Gasteiger partial charge in [0.15, 0.2) is 0 Å². The molecule has 2 heterocycles. The number of benzene rings is 2. The highest BCUT2D eigenvalue weighted by Gasteiger charge is 2.48. The van der Waals surface area contributed by atoms with Crippen LogP contribution >= 0.6 is 11.6 Å². The molecule has 2 aliphatic rings. The largest absolute Gasteiger partial charge is 0.344 e. The van der Waals surface area contributed by atoms with Crippen molar-refractivity contribution in [3.63, 3.8) is 0 Å². The van der Waals surface area contributed by atoms with E-state index in [0.717, 1.165) is 10.6 Å². The maximum atomic E-state index is 12.9. The van der Waals surface area contributed by atoms with Gasteiger partial charge in [-0.15, -0.1) is 0 Å². The number of nitrogens with zero attached hydrogens (tertiary/aromatic N) is 3. The van der Waals surface area contributed by atoms with Crippen molar-refractivity contribution in [3.05, 3.63) is 70.7 Å². The lowest BCUT2D eigenvalue weighted by Crippen LogP contribution is -2.54. The number of carbonyl (C=O) groups excluding carboxylic acids is 4. The van der Waals surface area contributed by atoms with E-state index in [2.05, 4.69) is 10.7 Å². The fourth-order valence-corrected chi connectivity index (χ4v) is 4.49. The Hall–Kier alpha value is -3.43.